The number of ether oxygens (including phenoxy) is 3. The molecule has 0 bridgehead atoms. The SMILES string of the molecule is O=C(O)C(F)(OC(F)(F)C(F)(F)OC(F)(F)OC(F)(F)F)C(F)(F)F.[NaH]. The molecule has 152 valence electrons. The van der Waals surface area contributed by atoms with Gasteiger partial charge in [0.25, 0.3) is 0 Å². The van der Waals surface area contributed by atoms with Gasteiger partial charge in [-0.2, -0.15) is 39.9 Å². The van der Waals surface area contributed by atoms with Crippen molar-refractivity contribution in [2.75, 3.05) is 0 Å². The van der Waals surface area contributed by atoms with E-state index in [0.717, 1.165) is 0 Å². The number of halogens is 13. The first-order valence-corrected chi connectivity index (χ1v) is 4.86. The van der Waals surface area contributed by atoms with Crippen LogP contribution in [-0.2, 0) is 19.0 Å². The molecule has 1 atom stereocenters. The van der Waals surface area contributed by atoms with E-state index in [4.69, 9.17) is 5.11 Å². The number of hydrogen-bond donors (Lipinski definition) is 1. The van der Waals surface area contributed by atoms with Crippen molar-refractivity contribution in [1.82, 2.24) is 0 Å². The maximum absolute atomic E-state index is 12.9. The van der Waals surface area contributed by atoms with E-state index in [9.17, 15) is 61.9 Å². The molecule has 0 rings (SSSR count). The summed E-state index contributed by atoms with van der Waals surface area (Å²) in [5, 5.41) is 7.82. The number of carboxylic acids is 1. The second-order valence-electron chi connectivity index (χ2n) is 3.65. The molecule has 1 N–H and O–H groups in total. The van der Waals surface area contributed by atoms with E-state index in [1.54, 1.807) is 14.2 Å². The fourth-order valence-corrected chi connectivity index (χ4v) is 0.823. The first kappa shape index (κ1) is 27.7. The van der Waals surface area contributed by atoms with Crippen LogP contribution in [0.2, 0.25) is 0 Å². The minimum absolute atomic E-state index is 0. The van der Waals surface area contributed by atoms with Crippen molar-refractivity contribution in [3.05, 3.63) is 0 Å². The van der Waals surface area contributed by atoms with Crippen LogP contribution in [0.25, 0.3) is 0 Å². The van der Waals surface area contributed by atoms with Gasteiger partial charge in [-0.25, -0.2) is 9.53 Å². The van der Waals surface area contributed by atoms with Crippen molar-refractivity contribution < 1.29 is 81.2 Å². The van der Waals surface area contributed by atoms with Crippen molar-refractivity contribution in [3.8, 4) is 0 Å². The van der Waals surface area contributed by atoms with Crippen LogP contribution in [0.1, 0.15) is 0 Å². The first-order chi connectivity index (χ1) is 10.6. The molecule has 19 heteroatoms. The van der Waals surface area contributed by atoms with Gasteiger partial charge < -0.3 is 5.11 Å². The Morgan fingerprint density at radius 2 is 1.00 bits per heavy atom. The van der Waals surface area contributed by atoms with Crippen LogP contribution in [0, 0.1) is 0 Å². The third-order valence-corrected chi connectivity index (χ3v) is 1.73. The van der Waals surface area contributed by atoms with Gasteiger partial charge in [-0.05, 0) is 0 Å². The van der Waals surface area contributed by atoms with Gasteiger partial charge in [0.2, 0.25) is 0 Å². The molecule has 5 nitrogen and oxygen atoms in total. The van der Waals surface area contributed by atoms with E-state index in [-0.39, 0.29) is 29.6 Å². The summed E-state index contributed by atoms with van der Waals surface area (Å²) < 4.78 is 164. The summed E-state index contributed by atoms with van der Waals surface area (Å²) in [7, 11) is 0. The van der Waals surface area contributed by atoms with E-state index in [1.165, 1.54) is 0 Å². The summed E-state index contributed by atoms with van der Waals surface area (Å²) in [5.74, 6) is -10.5. The Morgan fingerprint density at radius 3 is 1.27 bits per heavy atom. The second-order valence-corrected chi connectivity index (χ2v) is 3.65. The summed E-state index contributed by atoms with van der Waals surface area (Å²) in [4.78, 5) is 9.98. The van der Waals surface area contributed by atoms with Crippen molar-refractivity contribution in [2.24, 2.45) is 0 Å². The Hall–Kier alpha value is -0.560. The molecule has 1 unspecified atom stereocenters. The molecular formula is C7H2F13NaO5. The standard InChI is InChI=1S/C7HF13O5.Na.H/c8-2(1(21)22,3(9,10)11)23-4(12,13)5(14,15)24-7(19,20)25-6(16,17)18;;/h(H,21,22);;. The fraction of sp³-hybridized carbons (Fsp3) is 0.857. The molecule has 0 heterocycles. The molecule has 0 saturated heterocycles. The summed E-state index contributed by atoms with van der Waals surface area (Å²) in [6.45, 7) is 0. The van der Waals surface area contributed by atoms with Crippen molar-refractivity contribution in [1.29, 1.82) is 0 Å². The molecule has 0 saturated carbocycles. The van der Waals surface area contributed by atoms with Crippen molar-refractivity contribution in [2.45, 2.75) is 36.9 Å². The van der Waals surface area contributed by atoms with Crippen LogP contribution in [0.3, 0.4) is 0 Å². The van der Waals surface area contributed by atoms with E-state index in [1.807, 2.05) is 0 Å². The third kappa shape index (κ3) is 6.87. The van der Waals surface area contributed by atoms with E-state index in [2.05, 4.69) is 0 Å². The zero-order valence-electron chi connectivity index (χ0n) is 10.5. The van der Waals surface area contributed by atoms with E-state index >= 15 is 0 Å². The predicted octanol–water partition coefficient (Wildman–Crippen LogP) is 2.96. The average Bonchev–Trinajstić information content (AvgIpc) is 2.20. The Balaban J connectivity index is 0. The molecule has 0 aliphatic heterocycles. The van der Waals surface area contributed by atoms with Gasteiger partial charge in [0.05, 0.1) is 0 Å². The number of carboxylic acid groups (broad SMARTS) is 1. The average molecular weight is 436 g/mol. The summed E-state index contributed by atoms with van der Waals surface area (Å²) in [5.41, 5.74) is 0. The van der Waals surface area contributed by atoms with E-state index in [0.29, 0.717) is 0 Å². The molecule has 26 heavy (non-hydrogen) atoms. The van der Waals surface area contributed by atoms with Gasteiger partial charge in [-0.1, -0.05) is 0 Å². The molecule has 0 aromatic rings. The third-order valence-electron chi connectivity index (χ3n) is 1.73. The zero-order chi connectivity index (χ0) is 20.7. The first-order valence-electron chi connectivity index (χ1n) is 4.86. The molecule has 0 amide bonds. The number of hydrogen-bond acceptors (Lipinski definition) is 4. The molecule has 0 radical (unpaired) electrons. The van der Waals surface area contributed by atoms with Crippen LogP contribution in [0.5, 0.6) is 0 Å². The minimum atomic E-state index is -7.16. The molecule has 0 fully saturated rings. The van der Waals surface area contributed by atoms with E-state index < -0.39 is 42.9 Å². The number of aliphatic carboxylic acids is 1. The fourth-order valence-electron chi connectivity index (χ4n) is 0.823. The predicted molar refractivity (Wildman–Crippen MR) is 48.8 cm³/mol. The van der Waals surface area contributed by atoms with Gasteiger partial charge in [-0.3, -0.25) is 4.74 Å². The monoisotopic (exact) mass is 436 g/mol. The van der Waals surface area contributed by atoms with Crippen molar-refractivity contribution in [3.63, 3.8) is 0 Å². The number of carbonyl (C=O) groups is 1. The number of alkyl halides is 13. The van der Waals surface area contributed by atoms with Gasteiger partial charge >= 0.3 is 72.4 Å². The quantitative estimate of drug-likeness (QED) is 0.378. The van der Waals surface area contributed by atoms with Crippen LogP contribution < -0.4 is 0 Å². The molecule has 0 spiro atoms. The summed E-state index contributed by atoms with van der Waals surface area (Å²) in [6.07, 6.45) is -34.3. The van der Waals surface area contributed by atoms with Crippen molar-refractivity contribution >= 4 is 35.5 Å². The topological polar surface area (TPSA) is 65.0 Å². The van der Waals surface area contributed by atoms with Crippen LogP contribution in [0.4, 0.5) is 57.1 Å². The molecule has 0 aliphatic carbocycles. The Kier molecular flexibility index (Phi) is 8.32. The Bertz CT molecular complexity index is 502. The van der Waals surface area contributed by atoms with Gasteiger partial charge in [-0.15, -0.1) is 22.0 Å². The van der Waals surface area contributed by atoms with Gasteiger partial charge in [0.15, 0.2) is 0 Å². The maximum atomic E-state index is 12.9. The molecular weight excluding hydrogens is 434 g/mol. The number of rotatable bonds is 7. The van der Waals surface area contributed by atoms with Crippen LogP contribution in [-0.4, -0.2) is 77.5 Å². The zero-order valence-corrected chi connectivity index (χ0v) is 10.5. The van der Waals surface area contributed by atoms with Crippen LogP contribution >= 0.6 is 0 Å². The second kappa shape index (κ2) is 7.82. The Labute approximate surface area is 154 Å². The Morgan fingerprint density at radius 1 is 0.654 bits per heavy atom. The summed E-state index contributed by atoms with van der Waals surface area (Å²) >= 11 is 0. The van der Waals surface area contributed by atoms with Gasteiger partial charge in [0, 0.05) is 0 Å². The van der Waals surface area contributed by atoms with Crippen LogP contribution in [0.15, 0.2) is 0 Å². The molecule has 0 aromatic carbocycles. The summed E-state index contributed by atoms with van der Waals surface area (Å²) in [6, 6.07) is 0. The molecule has 0 aliphatic rings. The molecule has 0 aromatic heterocycles. The normalized spacial score (nSPS) is 16.7. The van der Waals surface area contributed by atoms with Gasteiger partial charge in [0.1, 0.15) is 0 Å².